The molecule has 1 fully saturated rings. The number of nitrogens with zero attached hydrogens (tertiary/aromatic N) is 1. The number of ether oxygens (including phenoxy) is 2. The van der Waals surface area contributed by atoms with Gasteiger partial charge in [0.25, 0.3) is 0 Å². The Kier molecular flexibility index (Phi) is 3.96. The number of hydrogen-bond acceptors (Lipinski definition) is 5. The second-order valence-corrected chi connectivity index (χ2v) is 9.24. The van der Waals surface area contributed by atoms with Gasteiger partial charge in [0.2, 0.25) is 5.91 Å². The van der Waals surface area contributed by atoms with E-state index in [4.69, 9.17) is 9.47 Å². The third-order valence-electron chi connectivity index (χ3n) is 5.60. The minimum atomic E-state index is -3.86. The molecule has 0 spiro atoms. The van der Waals surface area contributed by atoms with E-state index in [1.165, 1.54) is 17.0 Å². The molecule has 3 unspecified atom stereocenters. The van der Waals surface area contributed by atoms with Crippen LogP contribution in [0.1, 0.15) is 24.8 Å². The van der Waals surface area contributed by atoms with Crippen molar-refractivity contribution in [3.8, 4) is 11.5 Å². The summed E-state index contributed by atoms with van der Waals surface area (Å²) in [6.07, 6.45) is 0.408. The molecule has 0 N–H and O–H groups in total. The molecule has 2 aromatic rings. The molecule has 4 rings (SSSR count). The van der Waals surface area contributed by atoms with E-state index in [0.29, 0.717) is 17.9 Å². The number of hydrogen-bond donors (Lipinski definition) is 0. The van der Waals surface area contributed by atoms with Crippen LogP contribution in [-0.4, -0.2) is 44.4 Å². The molecule has 27 heavy (non-hydrogen) atoms. The van der Waals surface area contributed by atoms with Gasteiger partial charge in [-0.2, -0.15) is 0 Å². The van der Waals surface area contributed by atoms with Crippen LogP contribution in [0.3, 0.4) is 0 Å². The summed E-state index contributed by atoms with van der Waals surface area (Å²) < 4.78 is 38.1. The number of rotatable bonds is 3. The first kappa shape index (κ1) is 17.9. The van der Waals surface area contributed by atoms with E-state index in [1.54, 1.807) is 50.6 Å². The van der Waals surface area contributed by atoms with E-state index in [1.807, 2.05) is 6.92 Å². The number of piperidine rings is 1. The number of benzene rings is 2. The molecule has 2 heterocycles. The van der Waals surface area contributed by atoms with Gasteiger partial charge in [0.15, 0.2) is 20.8 Å². The van der Waals surface area contributed by atoms with Crippen molar-refractivity contribution >= 4 is 15.7 Å². The van der Waals surface area contributed by atoms with E-state index in [2.05, 4.69) is 0 Å². The molecule has 0 aromatic heterocycles. The number of methoxy groups -OCH3 is 1. The van der Waals surface area contributed by atoms with Crippen molar-refractivity contribution in [3.63, 3.8) is 0 Å². The zero-order valence-electron chi connectivity index (χ0n) is 15.4. The Morgan fingerprint density at radius 3 is 2.56 bits per heavy atom. The molecule has 142 valence electrons. The summed E-state index contributed by atoms with van der Waals surface area (Å²) in [4.78, 5) is 14.7. The molecule has 2 aromatic carbocycles. The Labute approximate surface area is 158 Å². The zero-order valence-corrected chi connectivity index (χ0v) is 16.2. The third kappa shape index (κ3) is 2.60. The Morgan fingerprint density at radius 1 is 1.19 bits per heavy atom. The maximum absolute atomic E-state index is 13.4. The van der Waals surface area contributed by atoms with Gasteiger partial charge in [-0.25, -0.2) is 8.42 Å². The Morgan fingerprint density at radius 2 is 1.89 bits per heavy atom. The number of carbonyl (C=O) groups is 1. The molecule has 1 amide bonds. The number of carbonyl (C=O) groups excluding carboxylic acids is 1. The summed E-state index contributed by atoms with van der Waals surface area (Å²) in [5.41, 5.74) is -0.177. The topological polar surface area (TPSA) is 72.9 Å². The predicted octanol–water partition coefficient (Wildman–Crippen LogP) is 2.59. The second kappa shape index (κ2) is 5.99. The van der Waals surface area contributed by atoms with E-state index >= 15 is 0 Å². The first-order valence-electron chi connectivity index (χ1n) is 8.71. The van der Waals surface area contributed by atoms with E-state index in [-0.39, 0.29) is 4.90 Å². The minimum absolute atomic E-state index is 0.155. The van der Waals surface area contributed by atoms with Crippen molar-refractivity contribution in [2.24, 2.45) is 0 Å². The lowest BCUT2D eigenvalue weighted by molar-refractivity contribution is -0.159. The van der Waals surface area contributed by atoms with Crippen molar-refractivity contribution in [2.75, 3.05) is 14.2 Å². The van der Waals surface area contributed by atoms with Crippen LogP contribution in [0.15, 0.2) is 53.4 Å². The highest BCUT2D eigenvalue weighted by Gasteiger charge is 2.57. The van der Waals surface area contributed by atoms with Crippen molar-refractivity contribution in [1.29, 1.82) is 0 Å². The standard InChI is InChI=1S/C20H21NO5S/c1-20-12-16(15-10-9-13(25-3)11-17(15)26-20)18(19(22)21(20)2)27(23,24)14-7-5-4-6-8-14/h4-11,16,18H,12H2,1-3H3. The summed E-state index contributed by atoms with van der Waals surface area (Å²) in [6, 6.07) is 13.4. The van der Waals surface area contributed by atoms with Crippen molar-refractivity contribution in [1.82, 2.24) is 4.90 Å². The Hall–Kier alpha value is -2.54. The lowest BCUT2D eigenvalue weighted by Gasteiger charge is -2.51. The summed E-state index contributed by atoms with van der Waals surface area (Å²) >= 11 is 0. The molecular weight excluding hydrogens is 366 g/mol. The highest BCUT2D eigenvalue weighted by molar-refractivity contribution is 7.92. The average molecular weight is 387 g/mol. The highest BCUT2D eigenvalue weighted by Crippen LogP contribution is 2.50. The molecule has 7 heteroatoms. The first-order chi connectivity index (χ1) is 12.8. The van der Waals surface area contributed by atoms with Crippen LogP contribution >= 0.6 is 0 Å². The molecule has 0 aliphatic carbocycles. The van der Waals surface area contributed by atoms with Gasteiger partial charge in [-0.05, 0) is 30.7 Å². The van der Waals surface area contributed by atoms with E-state index < -0.39 is 32.6 Å². The zero-order chi connectivity index (χ0) is 19.4. The Bertz CT molecular complexity index is 1000. The summed E-state index contributed by atoms with van der Waals surface area (Å²) in [5, 5.41) is -1.19. The van der Waals surface area contributed by atoms with Gasteiger partial charge in [0.05, 0.1) is 12.0 Å². The molecule has 2 bridgehead atoms. The fourth-order valence-corrected chi connectivity index (χ4v) is 5.94. The summed E-state index contributed by atoms with van der Waals surface area (Å²) in [7, 11) is -0.703. The number of amides is 1. The van der Waals surface area contributed by atoms with Crippen LogP contribution in [0, 0.1) is 0 Å². The third-order valence-corrected chi connectivity index (χ3v) is 7.73. The fraction of sp³-hybridized carbons (Fsp3) is 0.350. The molecule has 0 saturated carbocycles. The normalized spacial score (nSPS) is 26.9. The van der Waals surface area contributed by atoms with Crippen molar-refractivity contribution in [2.45, 2.75) is 35.1 Å². The molecule has 2 aliphatic rings. The van der Waals surface area contributed by atoms with Crippen LogP contribution in [0.5, 0.6) is 11.5 Å². The van der Waals surface area contributed by atoms with Crippen LogP contribution in [0.25, 0.3) is 0 Å². The van der Waals surface area contributed by atoms with E-state index in [0.717, 1.165) is 5.56 Å². The van der Waals surface area contributed by atoms with Crippen molar-refractivity contribution in [3.05, 3.63) is 54.1 Å². The quantitative estimate of drug-likeness (QED) is 0.809. The van der Waals surface area contributed by atoms with Crippen LogP contribution < -0.4 is 9.47 Å². The van der Waals surface area contributed by atoms with E-state index in [9.17, 15) is 13.2 Å². The van der Waals surface area contributed by atoms with Gasteiger partial charge in [0.1, 0.15) is 11.5 Å². The molecule has 6 nitrogen and oxygen atoms in total. The first-order valence-corrected chi connectivity index (χ1v) is 10.3. The van der Waals surface area contributed by atoms with Gasteiger partial charge < -0.3 is 14.4 Å². The maximum atomic E-state index is 13.4. The van der Waals surface area contributed by atoms with Gasteiger partial charge in [0, 0.05) is 25.5 Å². The average Bonchev–Trinajstić information content (AvgIpc) is 2.66. The minimum Gasteiger partial charge on any atom is -0.497 e. The van der Waals surface area contributed by atoms with Crippen molar-refractivity contribution < 1.29 is 22.7 Å². The molecule has 0 radical (unpaired) electrons. The van der Waals surface area contributed by atoms with Crippen LogP contribution in [-0.2, 0) is 14.6 Å². The van der Waals surface area contributed by atoms with Crippen LogP contribution in [0.2, 0.25) is 0 Å². The smallest absolute Gasteiger partial charge is 0.244 e. The molecular formula is C20H21NO5S. The predicted molar refractivity (Wildman–Crippen MR) is 99.6 cm³/mol. The summed E-state index contributed by atoms with van der Waals surface area (Å²) in [5.74, 6) is 0.243. The van der Waals surface area contributed by atoms with Gasteiger partial charge in [-0.1, -0.05) is 24.3 Å². The maximum Gasteiger partial charge on any atom is 0.244 e. The number of likely N-dealkylation sites (tertiary alicyclic amines) is 1. The van der Waals surface area contributed by atoms with Gasteiger partial charge in [-0.3, -0.25) is 4.79 Å². The van der Waals surface area contributed by atoms with Crippen LogP contribution in [0.4, 0.5) is 0 Å². The SMILES string of the molecule is COc1ccc2c(c1)OC1(C)CC2C(S(=O)(=O)c2ccccc2)C(=O)N1C. The highest BCUT2D eigenvalue weighted by atomic mass is 32.2. The molecule has 3 atom stereocenters. The number of fused-ring (bicyclic) bond motifs is 4. The number of sulfone groups is 1. The Balaban J connectivity index is 1.89. The molecule has 1 saturated heterocycles. The lowest BCUT2D eigenvalue weighted by atomic mass is 9.80. The van der Waals surface area contributed by atoms with Gasteiger partial charge >= 0.3 is 0 Å². The lowest BCUT2D eigenvalue weighted by Crippen LogP contribution is -2.64. The van der Waals surface area contributed by atoms with Gasteiger partial charge in [-0.15, -0.1) is 0 Å². The second-order valence-electron chi connectivity index (χ2n) is 7.17. The largest absolute Gasteiger partial charge is 0.497 e. The fourth-order valence-electron chi connectivity index (χ4n) is 4.01. The molecule has 2 aliphatic heterocycles. The monoisotopic (exact) mass is 387 g/mol. The summed E-state index contributed by atoms with van der Waals surface area (Å²) in [6.45, 7) is 1.81.